The number of anilines is 1. The second-order valence-electron chi connectivity index (χ2n) is 6.36. The molecule has 2 aromatic rings. The van der Waals surface area contributed by atoms with Crippen molar-refractivity contribution in [3.8, 4) is 0 Å². The number of hydrogen-bond donors (Lipinski definition) is 1. The van der Waals surface area contributed by atoms with E-state index in [-0.39, 0.29) is 14.9 Å². The summed E-state index contributed by atoms with van der Waals surface area (Å²) in [5.74, 6) is -0.905. The minimum Gasteiger partial charge on any atom is -0.378 e. The van der Waals surface area contributed by atoms with Gasteiger partial charge in [0.1, 0.15) is 5.70 Å². The summed E-state index contributed by atoms with van der Waals surface area (Å²) in [5, 5.41) is 2.34. The lowest BCUT2D eigenvalue weighted by Gasteiger charge is -2.13. The molecule has 27 heavy (non-hydrogen) atoms. The van der Waals surface area contributed by atoms with Gasteiger partial charge in [0, 0.05) is 19.8 Å². The molecule has 1 aliphatic heterocycles. The van der Waals surface area contributed by atoms with Crippen LogP contribution in [0.2, 0.25) is 0 Å². The number of nitrogens with zero attached hydrogens (tertiary/aromatic N) is 2. The maximum Gasteiger partial charge on any atom is 0.343 e. The van der Waals surface area contributed by atoms with Gasteiger partial charge in [-0.2, -0.15) is 0 Å². The maximum absolute atomic E-state index is 12.7. The van der Waals surface area contributed by atoms with Gasteiger partial charge in [-0.05, 0) is 42.8 Å². The van der Waals surface area contributed by atoms with E-state index in [4.69, 9.17) is 0 Å². The van der Waals surface area contributed by atoms with Crippen molar-refractivity contribution in [2.24, 2.45) is 0 Å². The minimum absolute atomic E-state index is 0.0895. The number of aryl methyl sites for hydroxylation is 1. The van der Waals surface area contributed by atoms with E-state index in [1.807, 2.05) is 38.1 Å². The number of rotatable bonds is 4. The van der Waals surface area contributed by atoms with Crippen LogP contribution < -0.4 is 10.2 Å². The summed E-state index contributed by atoms with van der Waals surface area (Å²) >= 11 is 0. The Morgan fingerprint density at radius 1 is 0.963 bits per heavy atom. The molecule has 1 N–H and O–H groups in total. The van der Waals surface area contributed by atoms with E-state index in [1.165, 1.54) is 18.2 Å². The van der Waals surface area contributed by atoms with Crippen molar-refractivity contribution in [1.82, 2.24) is 9.62 Å². The van der Waals surface area contributed by atoms with Crippen molar-refractivity contribution >= 4 is 33.7 Å². The molecule has 0 atom stereocenters. The summed E-state index contributed by atoms with van der Waals surface area (Å²) in [6, 6.07) is 12.2. The second kappa shape index (κ2) is 6.88. The lowest BCUT2D eigenvalue weighted by molar-refractivity contribution is -0.119. The number of nitrogens with one attached hydrogen (secondary N) is 1. The third kappa shape index (κ3) is 3.56. The molecule has 0 unspecified atom stereocenters. The van der Waals surface area contributed by atoms with E-state index in [0.29, 0.717) is 5.56 Å². The number of benzene rings is 2. The fourth-order valence-electron chi connectivity index (χ4n) is 2.59. The molecule has 0 aliphatic carbocycles. The number of carbonyl (C=O) groups is 2. The second-order valence-corrected chi connectivity index (χ2v) is 8.15. The van der Waals surface area contributed by atoms with Gasteiger partial charge in [0.15, 0.2) is 0 Å². The molecule has 0 saturated carbocycles. The fraction of sp³-hybridized carbons (Fsp3) is 0.158. The third-order valence-electron chi connectivity index (χ3n) is 4.12. The molecular weight excluding hydrogens is 366 g/mol. The highest BCUT2D eigenvalue weighted by Gasteiger charge is 2.43. The number of amides is 3. The van der Waals surface area contributed by atoms with Gasteiger partial charge >= 0.3 is 6.03 Å². The van der Waals surface area contributed by atoms with Crippen molar-refractivity contribution in [2.75, 3.05) is 19.0 Å². The Labute approximate surface area is 158 Å². The van der Waals surface area contributed by atoms with Gasteiger partial charge < -0.3 is 10.2 Å². The van der Waals surface area contributed by atoms with E-state index in [9.17, 15) is 18.0 Å². The average molecular weight is 385 g/mol. The number of sulfonamides is 1. The molecule has 1 aliphatic rings. The van der Waals surface area contributed by atoms with Gasteiger partial charge in [0.25, 0.3) is 15.9 Å². The Morgan fingerprint density at radius 2 is 1.56 bits per heavy atom. The Balaban J connectivity index is 1.91. The summed E-state index contributed by atoms with van der Waals surface area (Å²) in [6.45, 7) is 1.81. The third-order valence-corrected chi connectivity index (χ3v) is 5.80. The zero-order chi connectivity index (χ0) is 19.8. The molecule has 7 nitrogen and oxygen atoms in total. The van der Waals surface area contributed by atoms with Crippen LogP contribution in [0.15, 0.2) is 59.1 Å². The predicted molar refractivity (Wildman–Crippen MR) is 102 cm³/mol. The van der Waals surface area contributed by atoms with Crippen LogP contribution in [0.5, 0.6) is 0 Å². The molecule has 140 valence electrons. The first-order chi connectivity index (χ1) is 12.7. The lowest BCUT2D eigenvalue weighted by atomic mass is 10.1. The van der Waals surface area contributed by atoms with Gasteiger partial charge in [-0.15, -0.1) is 4.31 Å². The largest absolute Gasteiger partial charge is 0.378 e. The Hall–Kier alpha value is -3.13. The van der Waals surface area contributed by atoms with Crippen LogP contribution in [0.1, 0.15) is 11.1 Å². The first kappa shape index (κ1) is 18.7. The Morgan fingerprint density at radius 3 is 2.11 bits per heavy atom. The molecule has 0 aromatic heterocycles. The summed E-state index contributed by atoms with van der Waals surface area (Å²) in [4.78, 5) is 26.6. The predicted octanol–water partition coefficient (Wildman–Crippen LogP) is 2.34. The summed E-state index contributed by atoms with van der Waals surface area (Å²) in [7, 11) is -0.463. The molecular formula is C19H19N3O4S. The lowest BCUT2D eigenvalue weighted by Crippen LogP contribution is -2.36. The van der Waals surface area contributed by atoms with E-state index in [0.717, 1.165) is 11.3 Å². The normalized spacial score (nSPS) is 16.0. The molecule has 3 amide bonds. The highest BCUT2D eigenvalue weighted by atomic mass is 32.2. The zero-order valence-corrected chi connectivity index (χ0v) is 15.9. The first-order valence-electron chi connectivity index (χ1n) is 8.16. The van der Waals surface area contributed by atoms with Crippen molar-refractivity contribution in [3.63, 3.8) is 0 Å². The van der Waals surface area contributed by atoms with Gasteiger partial charge in [-0.3, -0.25) is 4.79 Å². The molecule has 1 heterocycles. The molecule has 0 bridgehead atoms. The van der Waals surface area contributed by atoms with Crippen molar-refractivity contribution < 1.29 is 18.0 Å². The van der Waals surface area contributed by atoms with E-state index in [2.05, 4.69) is 5.32 Å². The van der Waals surface area contributed by atoms with Crippen LogP contribution in [0.25, 0.3) is 6.08 Å². The minimum atomic E-state index is -4.27. The first-order valence-corrected chi connectivity index (χ1v) is 9.60. The van der Waals surface area contributed by atoms with E-state index in [1.54, 1.807) is 24.3 Å². The van der Waals surface area contributed by atoms with E-state index < -0.39 is 22.0 Å². The average Bonchev–Trinajstić information content (AvgIpc) is 2.90. The van der Waals surface area contributed by atoms with Gasteiger partial charge in [0.05, 0.1) is 4.90 Å². The standard InChI is InChI=1S/C19H19N3O4S/c1-13-4-10-16(11-5-13)27(25,26)22-18(23)17(20-19(22)24)12-14-6-8-15(9-7-14)21(2)3/h4-12H,1-3H3,(H,20,24)/b17-12-. The summed E-state index contributed by atoms with van der Waals surface area (Å²) < 4.78 is 25.7. The van der Waals surface area contributed by atoms with Crippen LogP contribution in [-0.2, 0) is 14.8 Å². The summed E-state index contributed by atoms with van der Waals surface area (Å²) in [6.07, 6.45) is 1.45. The number of carbonyl (C=O) groups excluding carboxylic acids is 2. The van der Waals surface area contributed by atoms with Crippen LogP contribution in [0, 0.1) is 6.92 Å². The highest BCUT2D eigenvalue weighted by molar-refractivity contribution is 7.90. The van der Waals surface area contributed by atoms with Crippen LogP contribution in [-0.4, -0.2) is 38.8 Å². The van der Waals surface area contributed by atoms with Crippen molar-refractivity contribution in [2.45, 2.75) is 11.8 Å². The topological polar surface area (TPSA) is 86.8 Å². The number of hydrogen-bond acceptors (Lipinski definition) is 5. The monoisotopic (exact) mass is 385 g/mol. The van der Waals surface area contributed by atoms with Crippen molar-refractivity contribution in [3.05, 3.63) is 65.4 Å². The smallest absolute Gasteiger partial charge is 0.343 e. The van der Waals surface area contributed by atoms with Gasteiger partial charge in [-0.25, -0.2) is 13.2 Å². The molecule has 0 spiro atoms. The quantitative estimate of drug-likeness (QED) is 0.645. The Bertz CT molecular complexity index is 1020. The van der Waals surface area contributed by atoms with Gasteiger partial charge in [0.2, 0.25) is 0 Å². The molecule has 2 aromatic carbocycles. The molecule has 0 radical (unpaired) electrons. The summed E-state index contributed by atoms with van der Waals surface area (Å²) in [5.41, 5.74) is 2.42. The van der Waals surface area contributed by atoms with Crippen LogP contribution in [0.3, 0.4) is 0 Å². The zero-order valence-electron chi connectivity index (χ0n) is 15.1. The highest BCUT2D eigenvalue weighted by Crippen LogP contribution is 2.23. The SMILES string of the molecule is Cc1ccc(S(=O)(=O)N2C(=O)N/C(=C\c3ccc(N(C)C)cc3)C2=O)cc1. The number of imide groups is 1. The van der Waals surface area contributed by atoms with Crippen LogP contribution in [0.4, 0.5) is 10.5 Å². The van der Waals surface area contributed by atoms with Gasteiger partial charge in [-0.1, -0.05) is 29.8 Å². The number of urea groups is 1. The van der Waals surface area contributed by atoms with Crippen LogP contribution >= 0.6 is 0 Å². The molecule has 1 fully saturated rings. The molecule has 3 rings (SSSR count). The molecule has 8 heteroatoms. The Kier molecular flexibility index (Phi) is 4.75. The fourth-order valence-corrected chi connectivity index (χ4v) is 3.86. The van der Waals surface area contributed by atoms with E-state index >= 15 is 0 Å². The maximum atomic E-state index is 12.7. The molecule has 1 saturated heterocycles. The van der Waals surface area contributed by atoms with Crippen molar-refractivity contribution in [1.29, 1.82) is 0 Å².